The summed E-state index contributed by atoms with van der Waals surface area (Å²) in [4.78, 5) is 13.5. The van der Waals surface area contributed by atoms with E-state index in [2.05, 4.69) is 33.7 Å². The maximum absolute atomic E-state index is 12.5. The van der Waals surface area contributed by atoms with Crippen LogP contribution in [0.2, 0.25) is 0 Å². The molecule has 0 aliphatic heterocycles. The van der Waals surface area contributed by atoms with Crippen LogP contribution in [0.15, 0.2) is 53.0 Å². The molecule has 29 heavy (non-hydrogen) atoms. The van der Waals surface area contributed by atoms with E-state index in [4.69, 9.17) is 0 Å². The van der Waals surface area contributed by atoms with Gasteiger partial charge in [-0.25, -0.2) is 0 Å². The van der Waals surface area contributed by atoms with Gasteiger partial charge in [-0.2, -0.15) is 5.26 Å². The SMILES string of the molecule is CC(C)[C@@](C)(C#N)NC(=O)CSc1nnc(-c2cccs2)n1Cc1ccccc1. The smallest absolute Gasteiger partial charge is 0.231 e. The highest BCUT2D eigenvalue weighted by molar-refractivity contribution is 7.99. The van der Waals surface area contributed by atoms with Gasteiger partial charge in [0.2, 0.25) is 5.91 Å². The van der Waals surface area contributed by atoms with E-state index in [9.17, 15) is 10.1 Å². The van der Waals surface area contributed by atoms with Crippen LogP contribution in [0.1, 0.15) is 26.3 Å². The fraction of sp³-hybridized carbons (Fsp3) is 0.333. The Morgan fingerprint density at radius 2 is 2.03 bits per heavy atom. The molecule has 6 nitrogen and oxygen atoms in total. The van der Waals surface area contributed by atoms with Crippen molar-refractivity contribution in [2.45, 2.75) is 38.0 Å². The molecule has 1 N–H and O–H groups in total. The Morgan fingerprint density at radius 3 is 2.66 bits per heavy atom. The van der Waals surface area contributed by atoms with Gasteiger partial charge in [-0.05, 0) is 29.9 Å². The van der Waals surface area contributed by atoms with Crippen LogP contribution in [0, 0.1) is 17.2 Å². The Bertz CT molecular complexity index is 992. The minimum absolute atomic E-state index is 0.00798. The van der Waals surface area contributed by atoms with E-state index < -0.39 is 5.54 Å². The summed E-state index contributed by atoms with van der Waals surface area (Å²) in [6.45, 7) is 6.20. The number of nitrogens with zero attached hydrogens (tertiary/aromatic N) is 4. The number of nitriles is 1. The summed E-state index contributed by atoms with van der Waals surface area (Å²) in [6.07, 6.45) is 0. The molecular formula is C21H23N5OS2. The van der Waals surface area contributed by atoms with Gasteiger partial charge in [0.05, 0.1) is 23.2 Å². The lowest BCUT2D eigenvalue weighted by Crippen LogP contribution is -2.49. The highest BCUT2D eigenvalue weighted by Gasteiger charge is 2.30. The lowest BCUT2D eigenvalue weighted by Gasteiger charge is -2.27. The minimum atomic E-state index is -0.891. The normalized spacial score (nSPS) is 13.1. The molecule has 1 aromatic carbocycles. The third kappa shape index (κ3) is 5.05. The maximum Gasteiger partial charge on any atom is 0.231 e. The average Bonchev–Trinajstić information content (AvgIpc) is 3.37. The van der Waals surface area contributed by atoms with Crippen LogP contribution in [0.3, 0.4) is 0 Å². The van der Waals surface area contributed by atoms with Crippen LogP contribution < -0.4 is 5.32 Å². The minimum Gasteiger partial charge on any atom is -0.337 e. The molecule has 0 spiro atoms. The van der Waals surface area contributed by atoms with Gasteiger partial charge in [0.1, 0.15) is 5.54 Å². The predicted molar refractivity (Wildman–Crippen MR) is 117 cm³/mol. The second-order valence-corrected chi connectivity index (χ2v) is 9.05. The summed E-state index contributed by atoms with van der Waals surface area (Å²) in [5, 5.41) is 23.6. The second kappa shape index (κ2) is 9.25. The molecular weight excluding hydrogens is 402 g/mol. The van der Waals surface area contributed by atoms with Gasteiger partial charge >= 0.3 is 0 Å². The van der Waals surface area contributed by atoms with Gasteiger partial charge in [-0.1, -0.05) is 62.0 Å². The number of thioether (sulfide) groups is 1. The first kappa shape index (κ1) is 21.1. The molecule has 0 radical (unpaired) electrons. The zero-order chi connectivity index (χ0) is 20.9. The van der Waals surface area contributed by atoms with Crippen molar-refractivity contribution >= 4 is 29.0 Å². The van der Waals surface area contributed by atoms with E-state index in [1.54, 1.807) is 18.3 Å². The number of hydrogen-bond acceptors (Lipinski definition) is 6. The Balaban J connectivity index is 1.79. The molecule has 0 saturated carbocycles. The van der Waals surface area contributed by atoms with Crippen LogP contribution in [0.25, 0.3) is 10.7 Å². The zero-order valence-corrected chi connectivity index (χ0v) is 18.3. The lowest BCUT2D eigenvalue weighted by atomic mass is 9.90. The zero-order valence-electron chi connectivity index (χ0n) is 16.6. The van der Waals surface area contributed by atoms with Crippen molar-refractivity contribution in [2.24, 2.45) is 5.92 Å². The molecule has 0 aliphatic carbocycles. The van der Waals surface area contributed by atoms with E-state index >= 15 is 0 Å². The van der Waals surface area contributed by atoms with Crippen molar-refractivity contribution in [2.75, 3.05) is 5.75 Å². The lowest BCUT2D eigenvalue weighted by molar-refractivity contribution is -0.120. The van der Waals surface area contributed by atoms with Crippen molar-refractivity contribution in [3.63, 3.8) is 0 Å². The van der Waals surface area contributed by atoms with E-state index in [1.165, 1.54) is 11.8 Å². The number of amides is 1. The number of benzene rings is 1. The first-order valence-corrected chi connectivity index (χ1v) is 11.2. The van der Waals surface area contributed by atoms with Crippen molar-refractivity contribution in [1.29, 1.82) is 5.26 Å². The number of rotatable bonds is 8. The van der Waals surface area contributed by atoms with Gasteiger partial charge in [0, 0.05) is 0 Å². The predicted octanol–water partition coefficient (Wildman–Crippen LogP) is 4.20. The molecule has 0 unspecified atom stereocenters. The Hall–Kier alpha value is -2.63. The molecule has 1 atom stereocenters. The van der Waals surface area contributed by atoms with Gasteiger partial charge in [0.15, 0.2) is 11.0 Å². The average molecular weight is 426 g/mol. The molecule has 0 aliphatic rings. The summed E-state index contributed by atoms with van der Waals surface area (Å²) >= 11 is 2.93. The fourth-order valence-corrected chi connectivity index (χ4v) is 4.10. The van der Waals surface area contributed by atoms with Crippen LogP contribution >= 0.6 is 23.1 Å². The Kier molecular flexibility index (Phi) is 6.72. The first-order valence-electron chi connectivity index (χ1n) is 9.29. The molecule has 2 aromatic heterocycles. The molecule has 150 valence electrons. The largest absolute Gasteiger partial charge is 0.337 e. The number of nitrogens with one attached hydrogen (secondary N) is 1. The number of aromatic nitrogens is 3. The molecule has 3 rings (SSSR count). The van der Waals surface area contributed by atoms with E-state index in [-0.39, 0.29) is 17.6 Å². The second-order valence-electron chi connectivity index (χ2n) is 7.16. The van der Waals surface area contributed by atoms with Crippen molar-refractivity contribution in [1.82, 2.24) is 20.1 Å². The third-order valence-corrected chi connectivity index (χ3v) is 6.59. The summed E-state index contributed by atoms with van der Waals surface area (Å²) in [6, 6.07) is 16.3. The van der Waals surface area contributed by atoms with E-state index in [0.717, 1.165) is 16.3 Å². The number of hydrogen-bond donors (Lipinski definition) is 1. The fourth-order valence-electron chi connectivity index (χ4n) is 2.65. The molecule has 3 aromatic rings. The molecule has 0 bridgehead atoms. The van der Waals surface area contributed by atoms with Crippen LogP contribution in [-0.2, 0) is 11.3 Å². The van der Waals surface area contributed by atoms with Gasteiger partial charge in [0.25, 0.3) is 0 Å². The van der Waals surface area contributed by atoms with Gasteiger partial charge in [-0.15, -0.1) is 21.5 Å². The highest BCUT2D eigenvalue weighted by Crippen LogP contribution is 2.28. The van der Waals surface area contributed by atoms with Crippen molar-refractivity contribution < 1.29 is 4.79 Å². The Morgan fingerprint density at radius 1 is 1.28 bits per heavy atom. The van der Waals surface area contributed by atoms with Crippen LogP contribution in [0.5, 0.6) is 0 Å². The van der Waals surface area contributed by atoms with Crippen molar-refractivity contribution in [3.8, 4) is 16.8 Å². The molecule has 0 fully saturated rings. The molecule has 2 heterocycles. The first-order chi connectivity index (χ1) is 13.9. The van der Waals surface area contributed by atoms with E-state index in [1.807, 2.05) is 54.1 Å². The number of carbonyl (C=O) groups is 1. The van der Waals surface area contributed by atoms with E-state index in [0.29, 0.717) is 11.7 Å². The molecule has 0 saturated heterocycles. The summed E-state index contributed by atoms with van der Waals surface area (Å²) in [5.74, 6) is 0.769. The number of carbonyl (C=O) groups excluding carboxylic acids is 1. The summed E-state index contributed by atoms with van der Waals surface area (Å²) in [5.41, 5.74) is 0.241. The summed E-state index contributed by atoms with van der Waals surface area (Å²) < 4.78 is 2.03. The Labute approximate surface area is 179 Å². The quantitative estimate of drug-likeness (QED) is 0.547. The monoisotopic (exact) mass is 425 g/mol. The van der Waals surface area contributed by atoms with Crippen LogP contribution in [-0.4, -0.2) is 32.0 Å². The topological polar surface area (TPSA) is 83.6 Å². The van der Waals surface area contributed by atoms with Gasteiger partial charge < -0.3 is 5.32 Å². The molecule has 1 amide bonds. The maximum atomic E-state index is 12.5. The third-order valence-electron chi connectivity index (χ3n) is 4.76. The summed E-state index contributed by atoms with van der Waals surface area (Å²) in [7, 11) is 0. The van der Waals surface area contributed by atoms with Gasteiger partial charge in [-0.3, -0.25) is 9.36 Å². The van der Waals surface area contributed by atoms with Crippen molar-refractivity contribution in [3.05, 3.63) is 53.4 Å². The number of thiophene rings is 1. The standard InChI is InChI=1S/C21H23N5OS2/c1-15(2)21(3,14-22)23-18(27)13-29-20-25-24-19(17-10-7-11-28-17)26(20)12-16-8-5-4-6-9-16/h4-11,15H,12-13H2,1-3H3,(H,23,27)/t21-/m1/s1. The highest BCUT2D eigenvalue weighted by atomic mass is 32.2. The molecule has 8 heteroatoms. The van der Waals surface area contributed by atoms with Crippen LogP contribution in [0.4, 0.5) is 0 Å².